The fourth-order valence-electron chi connectivity index (χ4n) is 5.16. The van der Waals surface area contributed by atoms with Gasteiger partial charge < -0.3 is 14.5 Å². The summed E-state index contributed by atoms with van der Waals surface area (Å²) in [5.74, 6) is 1.49. The molecule has 2 amide bonds. The summed E-state index contributed by atoms with van der Waals surface area (Å²) in [5.41, 5.74) is 4.14. The van der Waals surface area contributed by atoms with Crippen LogP contribution in [0.2, 0.25) is 0 Å². The topological polar surface area (TPSA) is 86.7 Å². The highest BCUT2D eigenvalue weighted by molar-refractivity contribution is 6.04. The molecule has 34 heavy (non-hydrogen) atoms. The van der Waals surface area contributed by atoms with Crippen LogP contribution in [-0.2, 0) is 0 Å². The molecule has 2 bridgehead atoms. The summed E-state index contributed by atoms with van der Waals surface area (Å²) in [6, 6.07) is 14.1. The van der Waals surface area contributed by atoms with E-state index in [1.54, 1.807) is 11.0 Å². The number of ether oxygens (including phenoxy) is 1. The average Bonchev–Trinajstić information content (AvgIpc) is 3.56. The van der Waals surface area contributed by atoms with Crippen molar-refractivity contribution in [2.24, 2.45) is 0 Å². The van der Waals surface area contributed by atoms with Gasteiger partial charge in [0.15, 0.2) is 5.82 Å². The van der Waals surface area contributed by atoms with Crippen molar-refractivity contribution >= 4 is 29.0 Å². The van der Waals surface area contributed by atoms with Crippen LogP contribution in [0.3, 0.4) is 0 Å². The van der Waals surface area contributed by atoms with Crippen molar-refractivity contribution in [3.8, 4) is 17.1 Å². The van der Waals surface area contributed by atoms with Gasteiger partial charge in [0.25, 0.3) is 0 Å². The van der Waals surface area contributed by atoms with E-state index >= 15 is 0 Å². The average molecular weight is 458 g/mol. The molecule has 1 aromatic carbocycles. The van der Waals surface area contributed by atoms with E-state index in [9.17, 15) is 4.79 Å². The Labute approximate surface area is 198 Å². The summed E-state index contributed by atoms with van der Waals surface area (Å²) in [6.07, 6.45) is 4.75. The van der Waals surface area contributed by atoms with Crippen LogP contribution < -0.4 is 24.8 Å². The maximum atomic E-state index is 13.4. The molecule has 9 heteroatoms. The largest absolute Gasteiger partial charge is 0.481 e. The Morgan fingerprint density at radius 2 is 1.94 bits per heavy atom. The maximum absolute atomic E-state index is 13.4. The van der Waals surface area contributed by atoms with Gasteiger partial charge in [-0.2, -0.15) is 0 Å². The third-order valence-electron chi connectivity index (χ3n) is 6.87. The van der Waals surface area contributed by atoms with Gasteiger partial charge in [0.05, 0.1) is 24.5 Å². The number of carbonyl (C=O) groups is 1. The summed E-state index contributed by atoms with van der Waals surface area (Å²) in [7, 11) is 1.53. The van der Waals surface area contributed by atoms with Crippen molar-refractivity contribution in [3.63, 3.8) is 0 Å². The number of methoxy groups -OCH3 is 1. The van der Waals surface area contributed by atoms with Gasteiger partial charge >= 0.3 is 6.03 Å². The number of hydrogen-bond acceptors (Lipinski definition) is 7. The molecule has 3 aromatic rings. The van der Waals surface area contributed by atoms with Crippen LogP contribution in [0.4, 0.5) is 27.8 Å². The molecule has 0 aliphatic carbocycles. The molecule has 9 nitrogen and oxygen atoms in total. The molecule has 3 aliphatic rings. The van der Waals surface area contributed by atoms with E-state index < -0.39 is 0 Å². The van der Waals surface area contributed by atoms with Crippen molar-refractivity contribution in [1.82, 2.24) is 15.0 Å². The Morgan fingerprint density at radius 1 is 1.06 bits per heavy atom. The van der Waals surface area contributed by atoms with Crippen molar-refractivity contribution in [3.05, 3.63) is 48.8 Å². The number of amides is 2. The minimum Gasteiger partial charge on any atom is -0.481 e. The van der Waals surface area contributed by atoms with Crippen molar-refractivity contribution in [2.45, 2.75) is 25.3 Å². The number of rotatable bonds is 4. The van der Waals surface area contributed by atoms with Crippen LogP contribution in [0, 0.1) is 0 Å². The fourth-order valence-corrected chi connectivity index (χ4v) is 5.16. The molecule has 0 unspecified atom stereocenters. The van der Waals surface area contributed by atoms with Gasteiger partial charge in [-0.3, -0.25) is 10.2 Å². The highest BCUT2D eigenvalue weighted by atomic mass is 16.5. The Morgan fingerprint density at radius 3 is 2.79 bits per heavy atom. The molecular weight excluding hydrogens is 430 g/mol. The third kappa shape index (κ3) is 3.67. The van der Waals surface area contributed by atoms with E-state index in [1.807, 2.05) is 0 Å². The number of nitrogens with zero attached hydrogens (tertiary/aromatic N) is 6. The zero-order valence-electron chi connectivity index (χ0n) is 19.1. The first-order valence-electron chi connectivity index (χ1n) is 11.8. The van der Waals surface area contributed by atoms with Crippen LogP contribution in [0.1, 0.15) is 19.3 Å². The van der Waals surface area contributed by atoms with E-state index in [0.717, 1.165) is 49.5 Å². The Bertz CT molecular complexity index is 1230. The lowest BCUT2D eigenvalue weighted by Gasteiger charge is -2.35. The summed E-state index contributed by atoms with van der Waals surface area (Å²) in [6.45, 7) is 3.91. The third-order valence-corrected chi connectivity index (χ3v) is 6.87. The summed E-state index contributed by atoms with van der Waals surface area (Å²) in [4.78, 5) is 33.2. The standard InChI is InChI=1S/C25H27N7O2/c1-34-23-14-22(26-16-27-23)29-25(33)32-19-9-12-31(15-19)21-8-7-20(28-24(21)32)17-5-4-6-18(13-17)30-10-2-3-11-30/h4-8,13-14,16,19H,2-3,9-12,15H2,1H3,(H,26,27,29,33)/t19-/m0/s1. The molecule has 5 heterocycles. The monoisotopic (exact) mass is 457 g/mol. The second-order valence-electron chi connectivity index (χ2n) is 8.92. The Balaban J connectivity index is 1.34. The summed E-state index contributed by atoms with van der Waals surface area (Å²) in [5, 5.41) is 2.91. The first-order chi connectivity index (χ1) is 16.7. The lowest BCUT2D eigenvalue weighted by atomic mass is 10.1. The van der Waals surface area contributed by atoms with Crippen LogP contribution in [-0.4, -0.2) is 60.3 Å². The van der Waals surface area contributed by atoms with Crippen LogP contribution in [0.25, 0.3) is 11.3 Å². The van der Waals surface area contributed by atoms with Gasteiger partial charge in [-0.05, 0) is 43.5 Å². The molecule has 0 radical (unpaired) electrons. The first kappa shape index (κ1) is 20.7. The highest BCUT2D eigenvalue weighted by Gasteiger charge is 2.40. The van der Waals surface area contributed by atoms with Gasteiger partial charge in [-0.25, -0.2) is 19.7 Å². The molecule has 2 saturated heterocycles. The van der Waals surface area contributed by atoms with Gasteiger partial charge in [0.2, 0.25) is 5.88 Å². The predicted octanol–water partition coefficient (Wildman–Crippen LogP) is 3.78. The lowest BCUT2D eigenvalue weighted by molar-refractivity contribution is 0.254. The number of nitrogens with one attached hydrogen (secondary N) is 1. The molecule has 1 atom stereocenters. The number of benzene rings is 1. The number of hydrogen-bond donors (Lipinski definition) is 1. The zero-order valence-corrected chi connectivity index (χ0v) is 19.1. The number of pyridine rings is 1. The molecule has 0 spiro atoms. The van der Waals surface area contributed by atoms with Crippen molar-refractivity contribution in [2.75, 3.05) is 53.3 Å². The minimum absolute atomic E-state index is 0.0647. The predicted molar refractivity (Wildman–Crippen MR) is 132 cm³/mol. The smallest absolute Gasteiger partial charge is 0.329 e. The Kier molecular flexibility index (Phi) is 5.16. The Hall–Kier alpha value is -3.88. The van der Waals surface area contributed by atoms with Gasteiger partial charge in [-0.1, -0.05) is 12.1 Å². The van der Waals surface area contributed by atoms with E-state index in [2.05, 4.69) is 61.5 Å². The second kappa shape index (κ2) is 8.48. The molecule has 6 rings (SSSR count). The number of carbonyl (C=O) groups excluding carboxylic acids is 1. The van der Waals surface area contributed by atoms with Gasteiger partial charge in [0, 0.05) is 43.5 Å². The van der Waals surface area contributed by atoms with E-state index in [1.165, 1.54) is 32.0 Å². The van der Waals surface area contributed by atoms with E-state index in [-0.39, 0.29) is 12.1 Å². The SMILES string of the molecule is COc1cc(NC(=O)N2c3nc(-c4cccc(N5CCCC5)c4)ccc3N3CC[C@H]2C3)ncn1. The lowest BCUT2D eigenvalue weighted by Crippen LogP contribution is -2.48. The number of urea groups is 1. The summed E-state index contributed by atoms with van der Waals surface area (Å²) >= 11 is 0. The normalized spacial score (nSPS) is 18.7. The number of aromatic nitrogens is 3. The maximum Gasteiger partial charge on any atom is 0.329 e. The first-order valence-corrected chi connectivity index (χ1v) is 11.8. The van der Waals surface area contributed by atoms with Crippen molar-refractivity contribution in [1.29, 1.82) is 0 Å². The molecule has 2 fully saturated rings. The molecule has 174 valence electrons. The number of anilines is 4. The molecule has 1 N–H and O–H groups in total. The minimum atomic E-state index is -0.246. The number of fused-ring (bicyclic) bond motifs is 4. The van der Waals surface area contributed by atoms with E-state index in [0.29, 0.717) is 17.5 Å². The summed E-state index contributed by atoms with van der Waals surface area (Å²) < 4.78 is 5.16. The molecule has 0 saturated carbocycles. The molecule has 2 aromatic heterocycles. The van der Waals surface area contributed by atoms with E-state index in [4.69, 9.17) is 9.72 Å². The van der Waals surface area contributed by atoms with Crippen molar-refractivity contribution < 1.29 is 9.53 Å². The van der Waals surface area contributed by atoms with Crippen LogP contribution in [0.5, 0.6) is 5.88 Å². The van der Waals surface area contributed by atoms with Crippen LogP contribution >= 0.6 is 0 Å². The van der Waals surface area contributed by atoms with Gasteiger partial charge in [0.1, 0.15) is 12.1 Å². The fraction of sp³-hybridized carbons (Fsp3) is 0.360. The van der Waals surface area contributed by atoms with Gasteiger partial charge in [-0.15, -0.1) is 0 Å². The molecule has 3 aliphatic heterocycles. The van der Waals surface area contributed by atoms with Crippen LogP contribution in [0.15, 0.2) is 48.8 Å². The highest BCUT2D eigenvalue weighted by Crippen LogP contribution is 2.40. The molecular formula is C25H27N7O2. The zero-order chi connectivity index (χ0) is 23.1. The quantitative estimate of drug-likeness (QED) is 0.638. The second-order valence-corrected chi connectivity index (χ2v) is 8.92.